The summed E-state index contributed by atoms with van der Waals surface area (Å²) < 4.78 is 4.97. The summed E-state index contributed by atoms with van der Waals surface area (Å²) >= 11 is 11.8. The van der Waals surface area contributed by atoms with Gasteiger partial charge in [-0.3, -0.25) is 14.4 Å². The summed E-state index contributed by atoms with van der Waals surface area (Å²) in [6.45, 7) is 5.47. The first kappa shape index (κ1) is 22.9. The molecule has 0 bridgehead atoms. The van der Waals surface area contributed by atoms with Crippen LogP contribution in [-0.2, 0) is 19.1 Å². The van der Waals surface area contributed by atoms with Crippen LogP contribution >= 0.6 is 23.2 Å². The van der Waals surface area contributed by atoms with E-state index in [0.29, 0.717) is 27.9 Å². The van der Waals surface area contributed by atoms with E-state index in [1.807, 2.05) is 6.92 Å². The minimum Gasteiger partial charge on any atom is -0.465 e. The first-order valence-corrected chi connectivity index (χ1v) is 9.28. The van der Waals surface area contributed by atoms with E-state index < -0.39 is 11.8 Å². The number of hydrogen-bond donors (Lipinski definition) is 2. The van der Waals surface area contributed by atoms with Gasteiger partial charge in [0.15, 0.2) is 0 Å². The zero-order valence-corrected chi connectivity index (χ0v) is 17.0. The number of hydrogen-bond acceptors (Lipinski definition) is 5. The maximum atomic E-state index is 11.9. The van der Waals surface area contributed by atoms with Crippen LogP contribution in [0.25, 0.3) is 0 Å². The summed E-state index contributed by atoms with van der Waals surface area (Å²) in [5.74, 6) is -1.70. The van der Waals surface area contributed by atoms with Crippen LogP contribution in [0.15, 0.2) is 23.3 Å². The van der Waals surface area contributed by atoms with Gasteiger partial charge in [-0.1, -0.05) is 30.1 Å². The molecule has 0 aliphatic carbocycles. The monoisotopic (exact) mass is 415 g/mol. The van der Waals surface area contributed by atoms with Gasteiger partial charge in [0, 0.05) is 23.6 Å². The molecule has 1 atom stereocenters. The summed E-state index contributed by atoms with van der Waals surface area (Å²) in [5.41, 5.74) is 3.21. The van der Waals surface area contributed by atoms with Gasteiger partial charge in [0.2, 0.25) is 11.8 Å². The SMILES string of the molecule is CCOC(=O)[C@H](CC)/C(C)=N/NC(=O)CCC(=O)Nc1ccc(Cl)cc1Cl. The Morgan fingerprint density at radius 1 is 1.15 bits per heavy atom. The molecule has 0 spiro atoms. The Morgan fingerprint density at radius 3 is 2.41 bits per heavy atom. The van der Waals surface area contributed by atoms with Crippen molar-refractivity contribution in [1.29, 1.82) is 0 Å². The fraction of sp³-hybridized carbons (Fsp3) is 0.444. The molecule has 1 rings (SSSR count). The number of nitrogens with one attached hydrogen (secondary N) is 2. The van der Waals surface area contributed by atoms with Crippen molar-refractivity contribution in [2.45, 2.75) is 40.0 Å². The smallest absolute Gasteiger partial charge is 0.314 e. The highest BCUT2D eigenvalue weighted by molar-refractivity contribution is 6.36. The van der Waals surface area contributed by atoms with Crippen LogP contribution in [0, 0.1) is 5.92 Å². The molecule has 148 valence electrons. The molecule has 0 aromatic heterocycles. The van der Waals surface area contributed by atoms with E-state index in [2.05, 4.69) is 15.8 Å². The second kappa shape index (κ2) is 11.6. The lowest BCUT2D eigenvalue weighted by Gasteiger charge is -2.13. The summed E-state index contributed by atoms with van der Waals surface area (Å²) in [6, 6.07) is 4.69. The predicted molar refractivity (Wildman–Crippen MR) is 106 cm³/mol. The molecule has 0 unspecified atom stereocenters. The van der Waals surface area contributed by atoms with Gasteiger partial charge in [-0.2, -0.15) is 5.10 Å². The lowest BCUT2D eigenvalue weighted by atomic mass is 10.0. The van der Waals surface area contributed by atoms with E-state index in [-0.39, 0.29) is 31.3 Å². The number of rotatable bonds is 9. The molecule has 27 heavy (non-hydrogen) atoms. The molecule has 0 saturated carbocycles. The molecule has 0 saturated heterocycles. The minimum absolute atomic E-state index is 0.0472. The highest BCUT2D eigenvalue weighted by Gasteiger charge is 2.21. The zero-order chi connectivity index (χ0) is 20.4. The van der Waals surface area contributed by atoms with E-state index in [1.165, 1.54) is 6.07 Å². The van der Waals surface area contributed by atoms with Gasteiger partial charge < -0.3 is 10.1 Å². The van der Waals surface area contributed by atoms with Crippen LogP contribution in [0.4, 0.5) is 5.69 Å². The Balaban J connectivity index is 2.49. The Hall–Kier alpha value is -2.12. The van der Waals surface area contributed by atoms with Crippen LogP contribution in [0.5, 0.6) is 0 Å². The third-order valence-electron chi connectivity index (χ3n) is 3.62. The fourth-order valence-corrected chi connectivity index (χ4v) is 2.65. The Morgan fingerprint density at radius 2 is 1.81 bits per heavy atom. The number of halogens is 2. The first-order valence-electron chi connectivity index (χ1n) is 8.53. The molecule has 2 amide bonds. The summed E-state index contributed by atoms with van der Waals surface area (Å²) in [7, 11) is 0. The van der Waals surface area contributed by atoms with Crippen LogP contribution in [-0.4, -0.2) is 30.1 Å². The number of benzene rings is 1. The largest absolute Gasteiger partial charge is 0.465 e. The van der Waals surface area contributed by atoms with E-state index in [4.69, 9.17) is 27.9 Å². The van der Waals surface area contributed by atoms with Crippen molar-refractivity contribution in [3.05, 3.63) is 28.2 Å². The van der Waals surface area contributed by atoms with Crippen molar-refractivity contribution in [2.24, 2.45) is 11.0 Å². The predicted octanol–water partition coefficient (Wildman–Crippen LogP) is 3.79. The Labute approximate surface area is 168 Å². The molecule has 0 radical (unpaired) electrons. The van der Waals surface area contributed by atoms with Gasteiger partial charge >= 0.3 is 5.97 Å². The molecule has 9 heteroatoms. The van der Waals surface area contributed by atoms with Crippen molar-refractivity contribution in [3.63, 3.8) is 0 Å². The third kappa shape index (κ3) is 7.97. The number of amides is 2. The molecule has 0 heterocycles. The normalized spacial score (nSPS) is 12.3. The molecule has 2 N–H and O–H groups in total. The molecule has 1 aromatic rings. The van der Waals surface area contributed by atoms with Crippen molar-refractivity contribution in [1.82, 2.24) is 5.43 Å². The quantitative estimate of drug-likeness (QED) is 0.364. The third-order valence-corrected chi connectivity index (χ3v) is 4.17. The lowest BCUT2D eigenvalue weighted by Crippen LogP contribution is -2.27. The van der Waals surface area contributed by atoms with Gasteiger partial charge in [-0.15, -0.1) is 0 Å². The second-order valence-electron chi connectivity index (χ2n) is 5.67. The van der Waals surface area contributed by atoms with Crippen LogP contribution in [0.2, 0.25) is 10.0 Å². The maximum absolute atomic E-state index is 11.9. The van der Waals surface area contributed by atoms with Crippen molar-refractivity contribution < 1.29 is 19.1 Å². The van der Waals surface area contributed by atoms with Gasteiger partial charge in [-0.25, -0.2) is 5.43 Å². The highest BCUT2D eigenvalue weighted by Crippen LogP contribution is 2.25. The van der Waals surface area contributed by atoms with E-state index in [9.17, 15) is 14.4 Å². The highest BCUT2D eigenvalue weighted by atomic mass is 35.5. The number of hydrazone groups is 1. The van der Waals surface area contributed by atoms with Crippen molar-refractivity contribution >= 4 is 52.4 Å². The Bertz CT molecular complexity index is 723. The van der Waals surface area contributed by atoms with Crippen LogP contribution < -0.4 is 10.7 Å². The average molecular weight is 416 g/mol. The topological polar surface area (TPSA) is 96.9 Å². The fourth-order valence-electron chi connectivity index (χ4n) is 2.19. The molecule has 0 aliphatic heterocycles. The number of nitrogens with zero attached hydrogens (tertiary/aromatic N) is 1. The molecule has 0 aliphatic rings. The van der Waals surface area contributed by atoms with Gasteiger partial charge in [0.05, 0.1) is 23.2 Å². The number of anilines is 1. The molecular formula is C18H23Cl2N3O4. The summed E-state index contributed by atoms with van der Waals surface area (Å²) in [5, 5.41) is 7.31. The van der Waals surface area contributed by atoms with Crippen LogP contribution in [0.1, 0.15) is 40.0 Å². The van der Waals surface area contributed by atoms with Crippen LogP contribution in [0.3, 0.4) is 0 Å². The number of ether oxygens (including phenoxy) is 1. The summed E-state index contributed by atoms with van der Waals surface area (Å²) in [6.07, 6.45) is 0.396. The first-order chi connectivity index (χ1) is 12.8. The molecule has 0 fully saturated rings. The number of carbonyl (C=O) groups excluding carboxylic acids is 3. The molecule has 1 aromatic carbocycles. The maximum Gasteiger partial charge on any atom is 0.314 e. The molecular weight excluding hydrogens is 393 g/mol. The second-order valence-corrected chi connectivity index (χ2v) is 6.52. The number of esters is 1. The van der Waals surface area contributed by atoms with E-state index in [0.717, 1.165) is 0 Å². The zero-order valence-electron chi connectivity index (χ0n) is 15.5. The number of carbonyl (C=O) groups is 3. The van der Waals surface area contributed by atoms with E-state index in [1.54, 1.807) is 26.0 Å². The lowest BCUT2D eigenvalue weighted by molar-refractivity contribution is -0.145. The molecule has 7 nitrogen and oxygen atoms in total. The Kier molecular flexibility index (Phi) is 9.82. The minimum atomic E-state index is -0.513. The van der Waals surface area contributed by atoms with Gasteiger partial charge in [0.1, 0.15) is 0 Å². The summed E-state index contributed by atoms with van der Waals surface area (Å²) in [4.78, 5) is 35.6. The van der Waals surface area contributed by atoms with Crippen molar-refractivity contribution in [3.8, 4) is 0 Å². The average Bonchev–Trinajstić information content (AvgIpc) is 2.61. The van der Waals surface area contributed by atoms with E-state index >= 15 is 0 Å². The van der Waals surface area contributed by atoms with Gasteiger partial charge in [-0.05, 0) is 38.5 Å². The standard InChI is InChI=1S/C18H23Cl2N3O4/c1-4-13(18(26)27-5-2)11(3)22-23-17(25)9-8-16(24)21-15-7-6-12(19)10-14(15)20/h6-7,10,13H,4-5,8-9H2,1-3H3,(H,21,24)(H,23,25)/b22-11+/t13-/m1/s1. The van der Waals surface area contributed by atoms with Crippen molar-refractivity contribution in [2.75, 3.05) is 11.9 Å². The van der Waals surface area contributed by atoms with Gasteiger partial charge in [0.25, 0.3) is 0 Å².